The Labute approximate surface area is 138 Å². The molecule has 2 rings (SSSR count). The minimum Gasteiger partial charge on any atom is -0.342 e. The van der Waals surface area contributed by atoms with Gasteiger partial charge in [0.15, 0.2) is 0 Å². The van der Waals surface area contributed by atoms with Crippen molar-refractivity contribution in [2.45, 2.75) is 24.7 Å². The van der Waals surface area contributed by atoms with Gasteiger partial charge in [-0.2, -0.15) is 4.31 Å². The molecule has 1 aliphatic rings. The number of unbranched alkanes of at least 4 members (excludes halogenated alkanes) is 1. The molecular formula is C16H25N3O3S. The molecule has 0 aromatic heterocycles. The summed E-state index contributed by atoms with van der Waals surface area (Å²) < 4.78 is 27.2. The van der Waals surface area contributed by atoms with Gasteiger partial charge in [0.1, 0.15) is 0 Å². The molecule has 0 spiro atoms. The zero-order valence-electron chi connectivity index (χ0n) is 13.8. The summed E-state index contributed by atoms with van der Waals surface area (Å²) in [5, 5.41) is 3.14. The van der Waals surface area contributed by atoms with Crippen molar-refractivity contribution in [2.75, 3.05) is 39.8 Å². The van der Waals surface area contributed by atoms with E-state index in [9.17, 15) is 13.2 Å². The van der Waals surface area contributed by atoms with Gasteiger partial charge in [-0.25, -0.2) is 8.42 Å². The van der Waals surface area contributed by atoms with Gasteiger partial charge in [-0.15, -0.1) is 0 Å². The van der Waals surface area contributed by atoms with Crippen LogP contribution in [0.2, 0.25) is 0 Å². The summed E-state index contributed by atoms with van der Waals surface area (Å²) in [6.07, 6.45) is 1.88. The van der Waals surface area contributed by atoms with Crippen molar-refractivity contribution in [1.82, 2.24) is 14.5 Å². The zero-order valence-corrected chi connectivity index (χ0v) is 14.6. The summed E-state index contributed by atoms with van der Waals surface area (Å²) in [5.41, 5.74) is 0.254. The number of rotatable bonds is 6. The van der Waals surface area contributed by atoms with Crippen molar-refractivity contribution in [3.63, 3.8) is 0 Å². The molecule has 1 aromatic carbocycles. The number of benzene rings is 1. The molecule has 1 aromatic rings. The van der Waals surface area contributed by atoms with E-state index in [0.717, 1.165) is 12.8 Å². The molecule has 1 aliphatic heterocycles. The Hall–Kier alpha value is -1.44. The number of hydrogen-bond acceptors (Lipinski definition) is 4. The van der Waals surface area contributed by atoms with Gasteiger partial charge in [0.25, 0.3) is 5.91 Å². The van der Waals surface area contributed by atoms with Gasteiger partial charge in [0.05, 0.1) is 10.5 Å². The Bertz CT molecular complexity index is 640. The van der Waals surface area contributed by atoms with Crippen LogP contribution < -0.4 is 5.32 Å². The molecule has 0 radical (unpaired) electrons. The van der Waals surface area contributed by atoms with E-state index in [2.05, 4.69) is 12.2 Å². The summed E-state index contributed by atoms with van der Waals surface area (Å²) in [5.74, 6) is -0.243. The van der Waals surface area contributed by atoms with Gasteiger partial charge >= 0.3 is 0 Å². The number of carbonyl (C=O) groups excluding carboxylic acids is 1. The van der Waals surface area contributed by atoms with E-state index < -0.39 is 10.0 Å². The van der Waals surface area contributed by atoms with Crippen LogP contribution in [0.4, 0.5) is 0 Å². The van der Waals surface area contributed by atoms with Gasteiger partial charge in [-0.1, -0.05) is 25.5 Å². The van der Waals surface area contributed by atoms with Gasteiger partial charge in [-0.3, -0.25) is 4.79 Å². The summed E-state index contributed by atoms with van der Waals surface area (Å²) >= 11 is 0. The standard InChI is InChI=1S/C16H25N3O3S/c1-3-4-11-18(2)16(20)14-7-5-6-8-15(14)23(21,22)19-12-9-17-10-13-19/h5-8,17H,3-4,9-13H2,1-2H3. The van der Waals surface area contributed by atoms with Gasteiger partial charge in [0, 0.05) is 39.8 Å². The normalized spacial score (nSPS) is 16.3. The minimum absolute atomic E-state index is 0.107. The average Bonchev–Trinajstić information content (AvgIpc) is 2.59. The molecule has 1 N–H and O–H groups in total. The maximum atomic E-state index is 12.9. The number of hydrogen-bond donors (Lipinski definition) is 1. The minimum atomic E-state index is -3.65. The lowest BCUT2D eigenvalue weighted by molar-refractivity contribution is 0.0789. The fourth-order valence-electron chi connectivity index (χ4n) is 2.59. The van der Waals surface area contributed by atoms with Crippen molar-refractivity contribution in [3.05, 3.63) is 29.8 Å². The van der Waals surface area contributed by atoms with Crippen LogP contribution in [0, 0.1) is 0 Å². The quantitative estimate of drug-likeness (QED) is 0.844. The zero-order chi connectivity index (χ0) is 16.9. The molecule has 1 heterocycles. The SMILES string of the molecule is CCCCN(C)C(=O)c1ccccc1S(=O)(=O)N1CCNCC1. The first-order chi connectivity index (χ1) is 11.0. The first-order valence-electron chi connectivity index (χ1n) is 8.04. The highest BCUT2D eigenvalue weighted by molar-refractivity contribution is 7.89. The van der Waals surface area contributed by atoms with Crippen molar-refractivity contribution >= 4 is 15.9 Å². The largest absolute Gasteiger partial charge is 0.342 e. The number of sulfonamides is 1. The molecule has 0 aliphatic carbocycles. The number of nitrogens with one attached hydrogen (secondary N) is 1. The highest BCUT2D eigenvalue weighted by Crippen LogP contribution is 2.22. The first-order valence-corrected chi connectivity index (χ1v) is 9.48. The molecule has 128 valence electrons. The predicted octanol–water partition coefficient (Wildman–Crippen LogP) is 1.15. The fraction of sp³-hybridized carbons (Fsp3) is 0.562. The molecule has 1 saturated heterocycles. The van der Waals surface area contributed by atoms with E-state index in [1.807, 2.05) is 0 Å². The lowest BCUT2D eigenvalue weighted by Crippen LogP contribution is -2.46. The summed E-state index contributed by atoms with van der Waals surface area (Å²) in [7, 11) is -1.93. The number of piperazine rings is 1. The molecule has 7 heteroatoms. The molecule has 0 atom stereocenters. The summed E-state index contributed by atoms with van der Waals surface area (Å²) in [6.45, 7) is 4.79. The van der Waals surface area contributed by atoms with Crippen molar-refractivity contribution in [2.24, 2.45) is 0 Å². The van der Waals surface area contributed by atoms with E-state index in [1.165, 1.54) is 10.4 Å². The van der Waals surface area contributed by atoms with E-state index in [-0.39, 0.29) is 16.4 Å². The molecule has 0 bridgehead atoms. The maximum absolute atomic E-state index is 12.9. The topological polar surface area (TPSA) is 69.7 Å². The summed E-state index contributed by atoms with van der Waals surface area (Å²) in [6, 6.07) is 6.49. The van der Waals surface area contributed by atoms with Crippen molar-refractivity contribution in [3.8, 4) is 0 Å². The van der Waals surface area contributed by atoms with Gasteiger partial charge in [-0.05, 0) is 18.6 Å². The Balaban J connectivity index is 2.31. The van der Waals surface area contributed by atoms with Crippen LogP contribution in [-0.2, 0) is 10.0 Å². The van der Waals surface area contributed by atoms with Gasteiger partial charge < -0.3 is 10.2 Å². The van der Waals surface area contributed by atoms with Crippen LogP contribution in [0.15, 0.2) is 29.2 Å². The van der Waals surface area contributed by atoms with E-state index in [1.54, 1.807) is 30.1 Å². The number of carbonyl (C=O) groups is 1. The smallest absolute Gasteiger partial charge is 0.254 e. The second kappa shape index (κ2) is 7.90. The summed E-state index contributed by atoms with van der Waals surface area (Å²) in [4.78, 5) is 14.3. The Kier molecular flexibility index (Phi) is 6.15. The van der Waals surface area contributed by atoms with Crippen LogP contribution in [0.3, 0.4) is 0 Å². The highest BCUT2D eigenvalue weighted by atomic mass is 32.2. The number of amides is 1. The third-order valence-electron chi connectivity index (χ3n) is 4.01. The van der Waals surface area contributed by atoms with Crippen LogP contribution in [0.1, 0.15) is 30.1 Å². The molecule has 0 saturated carbocycles. The van der Waals surface area contributed by atoms with Crippen LogP contribution in [-0.4, -0.2) is 63.3 Å². The molecule has 1 amide bonds. The third kappa shape index (κ3) is 4.10. The third-order valence-corrected chi connectivity index (χ3v) is 5.96. The molecule has 6 nitrogen and oxygen atoms in total. The van der Waals surface area contributed by atoms with Crippen molar-refractivity contribution < 1.29 is 13.2 Å². The molecular weight excluding hydrogens is 314 g/mol. The van der Waals surface area contributed by atoms with Crippen LogP contribution >= 0.6 is 0 Å². The average molecular weight is 339 g/mol. The van der Waals surface area contributed by atoms with Gasteiger partial charge in [0.2, 0.25) is 10.0 Å². The van der Waals surface area contributed by atoms with E-state index in [0.29, 0.717) is 32.7 Å². The lowest BCUT2D eigenvalue weighted by Gasteiger charge is -2.27. The Morgan fingerprint density at radius 1 is 1.26 bits per heavy atom. The van der Waals surface area contributed by atoms with Crippen LogP contribution in [0.25, 0.3) is 0 Å². The second-order valence-electron chi connectivity index (χ2n) is 5.73. The fourth-order valence-corrected chi connectivity index (χ4v) is 4.22. The Morgan fingerprint density at radius 3 is 2.57 bits per heavy atom. The molecule has 23 heavy (non-hydrogen) atoms. The predicted molar refractivity (Wildman–Crippen MR) is 89.9 cm³/mol. The highest BCUT2D eigenvalue weighted by Gasteiger charge is 2.30. The molecule has 0 unspecified atom stereocenters. The van der Waals surface area contributed by atoms with E-state index in [4.69, 9.17) is 0 Å². The maximum Gasteiger partial charge on any atom is 0.254 e. The van der Waals surface area contributed by atoms with Crippen molar-refractivity contribution in [1.29, 1.82) is 0 Å². The Morgan fingerprint density at radius 2 is 1.91 bits per heavy atom. The van der Waals surface area contributed by atoms with E-state index >= 15 is 0 Å². The lowest BCUT2D eigenvalue weighted by atomic mass is 10.2. The number of nitrogens with zero attached hydrogens (tertiary/aromatic N) is 2. The second-order valence-corrected chi connectivity index (χ2v) is 7.64. The van der Waals surface area contributed by atoms with Crippen LogP contribution in [0.5, 0.6) is 0 Å². The monoisotopic (exact) mass is 339 g/mol. The molecule has 1 fully saturated rings. The first kappa shape index (κ1) is 17.9.